The third kappa shape index (κ3) is 3.96. The number of nitrogens with one attached hydrogen (secondary N) is 1. The summed E-state index contributed by atoms with van der Waals surface area (Å²) >= 11 is 0. The van der Waals surface area contributed by atoms with Crippen molar-refractivity contribution in [1.82, 2.24) is 4.72 Å². The summed E-state index contributed by atoms with van der Waals surface area (Å²) in [5.74, 6) is 1.24. The van der Waals surface area contributed by atoms with E-state index in [4.69, 9.17) is 9.47 Å². The first-order valence-corrected chi connectivity index (χ1v) is 9.74. The van der Waals surface area contributed by atoms with E-state index in [1.807, 2.05) is 31.2 Å². The normalized spacial score (nSPS) is 15.6. The molecule has 25 heavy (non-hydrogen) atoms. The quantitative estimate of drug-likeness (QED) is 0.820. The monoisotopic (exact) mass is 361 g/mol. The molecule has 1 aliphatic rings. The van der Waals surface area contributed by atoms with E-state index in [0.717, 1.165) is 24.0 Å². The molecule has 2 aromatic rings. The molecule has 0 heterocycles. The Hall–Kier alpha value is -2.05. The van der Waals surface area contributed by atoms with Crippen LogP contribution in [-0.4, -0.2) is 22.6 Å². The largest absolute Gasteiger partial charge is 0.493 e. The standard InChI is InChI=1S/C19H23NO4S/c1-13-4-6-14(7-5-13)19(15-8-9-15)20-25(21,22)16-10-11-17(23-2)18(12-16)24-3/h4-7,10-12,15,19-20H,8-9H2,1-3H3. The molecule has 1 saturated carbocycles. The van der Waals surface area contributed by atoms with Crippen LogP contribution in [0.2, 0.25) is 0 Å². The van der Waals surface area contributed by atoms with E-state index >= 15 is 0 Å². The van der Waals surface area contributed by atoms with Crippen molar-refractivity contribution in [3.63, 3.8) is 0 Å². The Morgan fingerprint density at radius 3 is 2.20 bits per heavy atom. The minimum Gasteiger partial charge on any atom is -0.493 e. The lowest BCUT2D eigenvalue weighted by Gasteiger charge is -2.19. The highest BCUT2D eigenvalue weighted by Crippen LogP contribution is 2.42. The molecule has 134 valence electrons. The lowest BCUT2D eigenvalue weighted by Crippen LogP contribution is -2.30. The maximum atomic E-state index is 12.9. The fourth-order valence-electron chi connectivity index (χ4n) is 2.86. The van der Waals surface area contributed by atoms with Crippen molar-refractivity contribution >= 4 is 10.0 Å². The lowest BCUT2D eigenvalue weighted by atomic mass is 10.0. The van der Waals surface area contributed by atoms with Crippen LogP contribution in [0.4, 0.5) is 0 Å². The molecule has 0 aliphatic heterocycles. The second kappa shape index (κ2) is 7.06. The van der Waals surface area contributed by atoms with Crippen LogP contribution in [0, 0.1) is 12.8 Å². The van der Waals surface area contributed by atoms with E-state index in [0.29, 0.717) is 17.4 Å². The molecule has 0 amide bonds. The van der Waals surface area contributed by atoms with Crippen LogP contribution in [0.3, 0.4) is 0 Å². The van der Waals surface area contributed by atoms with Gasteiger partial charge in [0.2, 0.25) is 10.0 Å². The Morgan fingerprint density at radius 2 is 1.64 bits per heavy atom. The van der Waals surface area contributed by atoms with Gasteiger partial charge in [0, 0.05) is 12.1 Å². The Labute approximate surface area is 149 Å². The van der Waals surface area contributed by atoms with Gasteiger partial charge in [0.1, 0.15) is 0 Å². The topological polar surface area (TPSA) is 64.6 Å². The second-order valence-electron chi connectivity index (χ2n) is 6.36. The molecule has 0 aromatic heterocycles. The number of ether oxygens (including phenoxy) is 2. The smallest absolute Gasteiger partial charge is 0.241 e. The summed E-state index contributed by atoms with van der Waals surface area (Å²) in [6, 6.07) is 12.4. The van der Waals surface area contributed by atoms with E-state index < -0.39 is 10.0 Å². The number of sulfonamides is 1. The zero-order chi connectivity index (χ0) is 18.0. The number of hydrogen-bond donors (Lipinski definition) is 1. The number of aryl methyl sites for hydroxylation is 1. The Morgan fingerprint density at radius 1 is 1.00 bits per heavy atom. The van der Waals surface area contributed by atoms with E-state index in [9.17, 15) is 8.42 Å². The number of benzene rings is 2. The van der Waals surface area contributed by atoms with Gasteiger partial charge in [0.15, 0.2) is 11.5 Å². The van der Waals surface area contributed by atoms with Crippen LogP contribution < -0.4 is 14.2 Å². The summed E-state index contributed by atoms with van der Waals surface area (Å²) in [5, 5.41) is 0. The third-order valence-corrected chi connectivity index (χ3v) is 5.92. The molecule has 0 radical (unpaired) electrons. The second-order valence-corrected chi connectivity index (χ2v) is 8.08. The van der Waals surface area contributed by atoms with Crippen molar-refractivity contribution in [2.24, 2.45) is 5.92 Å². The molecule has 1 fully saturated rings. The van der Waals surface area contributed by atoms with Gasteiger partial charge in [-0.3, -0.25) is 0 Å². The van der Waals surface area contributed by atoms with Crippen LogP contribution in [0.25, 0.3) is 0 Å². The van der Waals surface area contributed by atoms with Gasteiger partial charge in [-0.2, -0.15) is 0 Å². The maximum absolute atomic E-state index is 12.9. The van der Waals surface area contributed by atoms with Gasteiger partial charge in [-0.15, -0.1) is 0 Å². The summed E-state index contributed by atoms with van der Waals surface area (Å²) < 4.78 is 39.0. The minimum absolute atomic E-state index is 0.169. The molecule has 6 heteroatoms. The molecule has 0 spiro atoms. The van der Waals surface area contributed by atoms with Gasteiger partial charge in [-0.1, -0.05) is 29.8 Å². The van der Waals surface area contributed by atoms with Crippen molar-refractivity contribution in [2.75, 3.05) is 14.2 Å². The summed E-state index contributed by atoms with van der Waals surface area (Å²) in [4.78, 5) is 0.169. The van der Waals surface area contributed by atoms with Crippen molar-refractivity contribution < 1.29 is 17.9 Å². The zero-order valence-corrected chi connectivity index (χ0v) is 15.5. The van der Waals surface area contributed by atoms with Gasteiger partial charge >= 0.3 is 0 Å². The number of methoxy groups -OCH3 is 2. The molecule has 0 saturated heterocycles. The highest BCUT2D eigenvalue weighted by atomic mass is 32.2. The van der Waals surface area contributed by atoms with E-state index in [2.05, 4.69) is 4.72 Å². The van der Waals surface area contributed by atoms with Gasteiger partial charge in [-0.25, -0.2) is 13.1 Å². The van der Waals surface area contributed by atoms with Gasteiger partial charge in [0.25, 0.3) is 0 Å². The molecule has 2 aromatic carbocycles. The summed E-state index contributed by atoms with van der Waals surface area (Å²) in [6.45, 7) is 2.02. The van der Waals surface area contributed by atoms with Crippen molar-refractivity contribution in [3.05, 3.63) is 53.6 Å². The average Bonchev–Trinajstić information content (AvgIpc) is 3.45. The zero-order valence-electron chi connectivity index (χ0n) is 14.7. The van der Waals surface area contributed by atoms with Crippen LogP contribution in [0.1, 0.15) is 30.0 Å². The van der Waals surface area contributed by atoms with Crippen molar-refractivity contribution in [1.29, 1.82) is 0 Å². The molecule has 3 rings (SSSR count). The lowest BCUT2D eigenvalue weighted by molar-refractivity contribution is 0.354. The molecule has 5 nitrogen and oxygen atoms in total. The van der Waals surface area contributed by atoms with Gasteiger partial charge < -0.3 is 9.47 Å². The van der Waals surface area contributed by atoms with Crippen LogP contribution >= 0.6 is 0 Å². The first kappa shape index (κ1) is 17.8. The Kier molecular flexibility index (Phi) is 5.01. The van der Waals surface area contributed by atoms with Crippen molar-refractivity contribution in [3.8, 4) is 11.5 Å². The first-order chi connectivity index (χ1) is 11.9. The predicted octanol–water partition coefficient (Wildman–Crippen LogP) is 3.44. The summed E-state index contributed by atoms with van der Waals surface area (Å²) in [5.41, 5.74) is 2.15. The molecule has 1 unspecified atom stereocenters. The average molecular weight is 361 g/mol. The van der Waals surface area contributed by atoms with Crippen molar-refractivity contribution in [2.45, 2.75) is 30.7 Å². The Balaban J connectivity index is 1.89. The Bertz CT molecular complexity index is 842. The first-order valence-electron chi connectivity index (χ1n) is 8.25. The molecular weight excluding hydrogens is 338 g/mol. The number of rotatable bonds is 7. The molecule has 1 aliphatic carbocycles. The van der Waals surface area contributed by atoms with Crippen LogP contribution in [0.15, 0.2) is 47.4 Å². The SMILES string of the molecule is COc1ccc(S(=O)(=O)NC(c2ccc(C)cc2)C2CC2)cc1OC. The third-order valence-electron chi connectivity index (χ3n) is 4.48. The molecular formula is C19H23NO4S. The highest BCUT2D eigenvalue weighted by molar-refractivity contribution is 7.89. The molecule has 0 bridgehead atoms. The van der Waals surface area contributed by atoms with Crippen LogP contribution in [0.5, 0.6) is 11.5 Å². The molecule has 1 N–H and O–H groups in total. The molecule has 1 atom stereocenters. The number of hydrogen-bond acceptors (Lipinski definition) is 4. The summed E-state index contributed by atoms with van der Waals surface area (Å²) in [7, 11) is -0.660. The summed E-state index contributed by atoms with van der Waals surface area (Å²) in [6.07, 6.45) is 2.07. The van der Waals surface area contributed by atoms with E-state index in [1.165, 1.54) is 26.4 Å². The fraction of sp³-hybridized carbons (Fsp3) is 0.368. The highest BCUT2D eigenvalue weighted by Gasteiger charge is 2.35. The van der Waals surface area contributed by atoms with Gasteiger partial charge in [-0.05, 0) is 43.4 Å². The van der Waals surface area contributed by atoms with Crippen LogP contribution in [-0.2, 0) is 10.0 Å². The van der Waals surface area contributed by atoms with E-state index in [1.54, 1.807) is 6.07 Å². The fourth-order valence-corrected chi connectivity index (χ4v) is 4.17. The maximum Gasteiger partial charge on any atom is 0.241 e. The van der Waals surface area contributed by atoms with Gasteiger partial charge in [0.05, 0.1) is 19.1 Å². The van der Waals surface area contributed by atoms with E-state index in [-0.39, 0.29) is 10.9 Å². The minimum atomic E-state index is -3.67. The predicted molar refractivity (Wildman–Crippen MR) is 96.5 cm³/mol.